The number of nitrogens with zero attached hydrogens (tertiary/aromatic N) is 1. The molecule has 2 rings (SSSR count). The van der Waals surface area contributed by atoms with Crippen molar-refractivity contribution in [3.8, 4) is 11.5 Å². The van der Waals surface area contributed by atoms with Crippen LogP contribution in [0.15, 0.2) is 18.2 Å². The quantitative estimate of drug-likeness (QED) is 0.772. The van der Waals surface area contributed by atoms with Gasteiger partial charge in [0.05, 0.1) is 19.2 Å². The van der Waals surface area contributed by atoms with E-state index in [1.165, 1.54) is 24.1 Å². The maximum absolute atomic E-state index is 12.1. The summed E-state index contributed by atoms with van der Waals surface area (Å²) in [5.74, 6) is -0.224. The topological polar surface area (TPSA) is 78.9 Å². The lowest BCUT2D eigenvalue weighted by Crippen LogP contribution is -2.49. The Morgan fingerprint density at radius 1 is 1.50 bits per heavy atom. The summed E-state index contributed by atoms with van der Waals surface area (Å²) in [7, 11) is 1.48. The van der Waals surface area contributed by atoms with Crippen LogP contribution in [-0.2, 0) is 4.79 Å². The standard InChI is InChI=1S/C12H14N2O4/c1-18-8-2-3-9(10(15)6-8)12(17)14-5-4-13-11(16)7-14/h2-3,6,15H,4-5,7H2,1H3,(H,13,16). The van der Waals surface area contributed by atoms with E-state index in [0.717, 1.165) is 0 Å². The molecule has 1 saturated heterocycles. The smallest absolute Gasteiger partial charge is 0.258 e. The SMILES string of the molecule is COc1ccc(C(=O)N2CCNC(=O)C2)c(O)c1. The van der Waals surface area contributed by atoms with E-state index >= 15 is 0 Å². The van der Waals surface area contributed by atoms with Crippen LogP contribution < -0.4 is 10.1 Å². The second kappa shape index (κ2) is 4.95. The number of hydrogen-bond acceptors (Lipinski definition) is 4. The highest BCUT2D eigenvalue weighted by molar-refractivity contribution is 5.99. The Hall–Kier alpha value is -2.24. The molecule has 1 aromatic carbocycles. The fraction of sp³-hybridized carbons (Fsp3) is 0.333. The van der Waals surface area contributed by atoms with Crippen LogP contribution in [0.4, 0.5) is 0 Å². The van der Waals surface area contributed by atoms with E-state index < -0.39 is 0 Å². The highest BCUT2D eigenvalue weighted by Crippen LogP contribution is 2.24. The predicted molar refractivity (Wildman–Crippen MR) is 63.6 cm³/mol. The largest absolute Gasteiger partial charge is 0.507 e. The van der Waals surface area contributed by atoms with Gasteiger partial charge in [0.1, 0.15) is 11.5 Å². The van der Waals surface area contributed by atoms with Gasteiger partial charge in [-0.2, -0.15) is 0 Å². The second-order valence-corrected chi connectivity index (χ2v) is 3.96. The number of phenols is 1. The van der Waals surface area contributed by atoms with Crippen molar-refractivity contribution in [1.82, 2.24) is 10.2 Å². The molecule has 18 heavy (non-hydrogen) atoms. The lowest BCUT2D eigenvalue weighted by atomic mass is 10.1. The van der Waals surface area contributed by atoms with E-state index in [4.69, 9.17) is 4.74 Å². The molecule has 2 amide bonds. The van der Waals surface area contributed by atoms with Crippen molar-refractivity contribution in [2.24, 2.45) is 0 Å². The number of piperazine rings is 1. The van der Waals surface area contributed by atoms with Gasteiger partial charge in [-0.3, -0.25) is 9.59 Å². The maximum Gasteiger partial charge on any atom is 0.258 e. The highest BCUT2D eigenvalue weighted by Gasteiger charge is 2.24. The van der Waals surface area contributed by atoms with Crippen molar-refractivity contribution in [2.45, 2.75) is 0 Å². The van der Waals surface area contributed by atoms with Gasteiger partial charge in [-0.1, -0.05) is 0 Å². The zero-order chi connectivity index (χ0) is 13.1. The van der Waals surface area contributed by atoms with E-state index in [2.05, 4.69) is 5.32 Å². The third kappa shape index (κ3) is 2.37. The number of benzene rings is 1. The number of phenolic OH excluding ortho intramolecular Hbond substituents is 1. The van der Waals surface area contributed by atoms with E-state index in [1.54, 1.807) is 6.07 Å². The van der Waals surface area contributed by atoms with Crippen LogP contribution in [0, 0.1) is 0 Å². The summed E-state index contributed by atoms with van der Waals surface area (Å²) in [5.41, 5.74) is 0.172. The molecule has 0 aliphatic carbocycles. The second-order valence-electron chi connectivity index (χ2n) is 3.96. The van der Waals surface area contributed by atoms with Gasteiger partial charge < -0.3 is 20.1 Å². The van der Waals surface area contributed by atoms with Crippen molar-refractivity contribution in [1.29, 1.82) is 0 Å². The van der Waals surface area contributed by atoms with Gasteiger partial charge >= 0.3 is 0 Å². The number of amides is 2. The summed E-state index contributed by atoms with van der Waals surface area (Å²) >= 11 is 0. The molecule has 0 spiro atoms. The Labute approximate surface area is 104 Å². The molecule has 1 heterocycles. The molecule has 96 valence electrons. The Morgan fingerprint density at radius 2 is 2.28 bits per heavy atom. The summed E-state index contributed by atoms with van der Waals surface area (Å²) in [6.07, 6.45) is 0. The fourth-order valence-electron chi connectivity index (χ4n) is 1.80. The summed E-state index contributed by atoms with van der Waals surface area (Å²) < 4.78 is 4.94. The van der Waals surface area contributed by atoms with Crippen molar-refractivity contribution in [2.75, 3.05) is 26.7 Å². The van der Waals surface area contributed by atoms with Gasteiger partial charge in [0, 0.05) is 19.2 Å². The lowest BCUT2D eigenvalue weighted by molar-refractivity contribution is -0.123. The summed E-state index contributed by atoms with van der Waals surface area (Å²) in [4.78, 5) is 24.7. The molecular weight excluding hydrogens is 236 g/mol. The monoisotopic (exact) mass is 250 g/mol. The summed E-state index contributed by atoms with van der Waals surface area (Å²) in [6.45, 7) is 0.891. The van der Waals surface area contributed by atoms with Crippen LogP contribution in [0.3, 0.4) is 0 Å². The Balaban J connectivity index is 2.20. The molecule has 0 aromatic heterocycles. The van der Waals surface area contributed by atoms with E-state index in [-0.39, 0.29) is 29.7 Å². The third-order valence-corrected chi connectivity index (χ3v) is 2.76. The molecule has 1 aliphatic rings. The van der Waals surface area contributed by atoms with Gasteiger partial charge in [0.25, 0.3) is 5.91 Å². The minimum Gasteiger partial charge on any atom is -0.507 e. The number of aromatic hydroxyl groups is 1. The first kappa shape index (κ1) is 12.2. The predicted octanol–water partition coefficient (Wildman–Crippen LogP) is -0.0272. The Kier molecular flexibility index (Phi) is 3.36. The first-order valence-electron chi connectivity index (χ1n) is 5.55. The first-order chi connectivity index (χ1) is 8.61. The minimum absolute atomic E-state index is 0.0182. The van der Waals surface area contributed by atoms with Crippen molar-refractivity contribution in [3.05, 3.63) is 23.8 Å². The van der Waals surface area contributed by atoms with Gasteiger partial charge in [-0.25, -0.2) is 0 Å². The molecule has 0 bridgehead atoms. The molecule has 1 aromatic rings. The molecule has 6 heteroatoms. The zero-order valence-corrected chi connectivity index (χ0v) is 9.97. The normalized spacial score (nSPS) is 15.2. The number of rotatable bonds is 2. The van der Waals surface area contributed by atoms with Crippen LogP contribution in [0.1, 0.15) is 10.4 Å². The number of carbonyl (C=O) groups excluding carboxylic acids is 2. The number of hydrogen-bond donors (Lipinski definition) is 2. The van der Waals surface area contributed by atoms with E-state index in [9.17, 15) is 14.7 Å². The van der Waals surface area contributed by atoms with Crippen molar-refractivity contribution in [3.63, 3.8) is 0 Å². The molecule has 1 aliphatic heterocycles. The van der Waals surface area contributed by atoms with Crippen LogP contribution in [-0.4, -0.2) is 48.6 Å². The van der Waals surface area contributed by atoms with Crippen LogP contribution in [0.5, 0.6) is 11.5 Å². The van der Waals surface area contributed by atoms with Crippen molar-refractivity contribution < 1.29 is 19.4 Å². The highest BCUT2D eigenvalue weighted by atomic mass is 16.5. The molecule has 0 radical (unpaired) electrons. The van der Waals surface area contributed by atoms with Crippen LogP contribution in [0.25, 0.3) is 0 Å². The molecule has 2 N–H and O–H groups in total. The fourth-order valence-corrected chi connectivity index (χ4v) is 1.80. The first-order valence-corrected chi connectivity index (χ1v) is 5.55. The number of carbonyl (C=O) groups is 2. The molecule has 0 saturated carbocycles. The Morgan fingerprint density at radius 3 is 2.89 bits per heavy atom. The van der Waals surface area contributed by atoms with Gasteiger partial charge in [0.15, 0.2) is 0 Å². The Bertz CT molecular complexity index is 487. The third-order valence-electron chi connectivity index (χ3n) is 2.76. The maximum atomic E-state index is 12.1. The van der Waals surface area contributed by atoms with E-state index in [1.807, 2.05) is 0 Å². The molecule has 6 nitrogen and oxygen atoms in total. The molecule has 0 atom stereocenters. The minimum atomic E-state index is -0.356. The van der Waals surface area contributed by atoms with Crippen LogP contribution >= 0.6 is 0 Å². The van der Waals surface area contributed by atoms with Crippen LogP contribution in [0.2, 0.25) is 0 Å². The number of ether oxygens (including phenoxy) is 1. The summed E-state index contributed by atoms with van der Waals surface area (Å²) in [5, 5.41) is 12.4. The number of methoxy groups -OCH3 is 1. The average Bonchev–Trinajstić information content (AvgIpc) is 2.37. The van der Waals surface area contributed by atoms with Gasteiger partial charge in [-0.15, -0.1) is 0 Å². The lowest BCUT2D eigenvalue weighted by Gasteiger charge is -2.26. The summed E-state index contributed by atoms with van der Waals surface area (Å²) in [6, 6.07) is 4.46. The number of nitrogens with one attached hydrogen (secondary N) is 1. The zero-order valence-electron chi connectivity index (χ0n) is 9.97. The van der Waals surface area contributed by atoms with Gasteiger partial charge in [0.2, 0.25) is 5.91 Å². The van der Waals surface area contributed by atoms with Crippen molar-refractivity contribution >= 4 is 11.8 Å². The van der Waals surface area contributed by atoms with Gasteiger partial charge in [-0.05, 0) is 12.1 Å². The molecule has 1 fully saturated rings. The van der Waals surface area contributed by atoms with E-state index in [0.29, 0.717) is 18.8 Å². The molecule has 0 unspecified atom stereocenters. The molecular formula is C12H14N2O4. The average molecular weight is 250 g/mol.